The fourth-order valence-corrected chi connectivity index (χ4v) is 0.891. The third kappa shape index (κ3) is 3.58. The minimum absolute atomic E-state index is 0.230. The quantitative estimate of drug-likeness (QED) is 0.612. The molecule has 0 aliphatic carbocycles. The predicted octanol–water partition coefficient (Wildman–Crippen LogP) is 1.89. The van der Waals surface area contributed by atoms with Crippen molar-refractivity contribution in [2.45, 2.75) is 38.0 Å². The molecule has 3 nitrogen and oxygen atoms in total. The maximum absolute atomic E-state index is 12.5. The van der Waals surface area contributed by atoms with Gasteiger partial charge in [0.2, 0.25) is 0 Å². The molecule has 1 N–H and O–H groups in total. The van der Waals surface area contributed by atoms with Gasteiger partial charge in [-0.25, -0.2) is 4.79 Å². The highest BCUT2D eigenvalue weighted by molar-refractivity contribution is 5.78. The minimum Gasteiger partial charge on any atom is -0.464 e. The van der Waals surface area contributed by atoms with Crippen molar-refractivity contribution in [1.29, 1.82) is 0 Å². The molecule has 0 amide bonds. The highest BCUT2D eigenvalue weighted by Crippen LogP contribution is 2.41. The van der Waals surface area contributed by atoms with Crippen LogP contribution in [0.5, 0.6) is 0 Å². The summed E-state index contributed by atoms with van der Waals surface area (Å²) in [5, 5.41) is 9.16. The van der Waals surface area contributed by atoms with E-state index in [0.29, 0.717) is 6.92 Å². The summed E-state index contributed by atoms with van der Waals surface area (Å²) in [6.07, 6.45) is -7.88. The summed E-state index contributed by atoms with van der Waals surface area (Å²) in [5.41, 5.74) is -2.88. The maximum atomic E-state index is 12.5. The molecule has 0 aliphatic heterocycles. The van der Waals surface area contributed by atoms with Gasteiger partial charge >= 0.3 is 18.1 Å². The van der Waals surface area contributed by atoms with Crippen LogP contribution >= 0.6 is 0 Å². The number of hydrogen-bond donors (Lipinski definition) is 1. The van der Waals surface area contributed by atoms with Crippen molar-refractivity contribution in [1.82, 2.24) is 0 Å². The van der Waals surface area contributed by atoms with Gasteiger partial charge in [0.05, 0.1) is 13.0 Å². The van der Waals surface area contributed by atoms with Gasteiger partial charge in [-0.1, -0.05) is 0 Å². The molecule has 0 aromatic rings. The number of alkyl halides is 5. The van der Waals surface area contributed by atoms with Crippen LogP contribution < -0.4 is 0 Å². The average molecular weight is 250 g/mol. The van der Waals surface area contributed by atoms with Crippen LogP contribution in [0.4, 0.5) is 22.0 Å². The average Bonchev–Trinajstić information content (AvgIpc) is 2.00. The van der Waals surface area contributed by atoms with E-state index in [1.54, 1.807) is 0 Å². The monoisotopic (exact) mass is 250 g/mol. The third-order valence-electron chi connectivity index (χ3n) is 1.70. The Hall–Kier alpha value is -0.920. The highest BCUT2D eigenvalue weighted by Gasteiger charge is 2.61. The van der Waals surface area contributed by atoms with Crippen molar-refractivity contribution in [2.75, 3.05) is 6.61 Å². The number of esters is 1. The Bertz CT molecular complexity index is 259. The van der Waals surface area contributed by atoms with E-state index in [4.69, 9.17) is 5.11 Å². The first-order valence-electron chi connectivity index (χ1n) is 4.28. The van der Waals surface area contributed by atoms with Crippen LogP contribution in [0, 0.1) is 0 Å². The molecule has 1 unspecified atom stereocenters. The summed E-state index contributed by atoms with van der Waals surface area (Å²) in [4.78, 5) is 10.9. The maximum Gasteiger partial charge on any atom is 0.453 e. The van der Waals surface area contributed by atoms with Crippen molar-refractivity contribution in [3.63, 3.8) is 0 Å². The molecule has 8 heteroatoms. The highest BCUT2D eigenvalue weighted by atomic mass is 19.4. The van der Waals surface area contributed by atoms with Crippen LogP contribution in [0.3, 0.4) is 0 Å². The SMILES string of the molecule is CCOC(=O)C(C)(O)CC(F)(F)C(F)(F)F. The second-order valence-electron chi connectivity index (χ2n) is 3.37. The first-order valence-corrected chi connectivity index (χ1v) is 4.28. The van der Waals surface area contributed by atoms with Crippen molar-refractivity contribution < 1.29 is 36.6 Å². The van der Waals surface area contributed by atoms with Crippen LogP contribution in [0.2, 0.25) is 0 Å². The summed E-state index contributed by atoms with van der Waals surface area (Å²) in [5.74, 6) is -6.66. The molecule has 0 radical (unpaired) electrons. The van der Waals surface area contributed by atoms with Crippen LogP contribution in [0.15, 0.2) is 0 Å². The zero-order chi connectivity index (χ0) is 13.2. The van der Waals surface area contributed by atoms with Gasteiger partial charge in [0.1, 0.15) is 0 Å². The molecule has 96 valence electrons. The first kappa shape index (κ1) is 15.1. The van der Waals surface area contributed by atoms with E-state index in [2.05, 4.69) is 4.74 Å². The van der Waals surface area contributed by atoms with Crippen molar-refractivity contribution in [3.8, 4) is 0 Å². The minimum atomic E-state index is -5.82. The van der Waals surface area contributed by atoms with E-state index in [1.807, 2.05) is 0 Å². The Labute approximate surface area is 88.2 Å². The molecular weight excluding hydrogens is 239 g/mol. The Morgan fingerprint density at radius 3 is 2.00 bits per heavy atom. The van der Waals surface area contributed by atoms with E-state index in [9.17, 15) is 26.7 Å². The van der Waals surface area contributed by atoms with Crippen LogP contribution in [0.1, 0.15) is 20.3 Å². The predicted molar refractivity (Wildman–Crippen MR) is 42.9 cm³/mol. The third-order valence-corrected chi connectivity index (χ3v) is 1.70. The van der Waals surface area contributed by atoms with E-state index < -0.39 is 30.1 Å². The lowest BCUT2D eigenvalue weighted by molar-refractivity contribution is -0.295. The van der Waals surface area contributed by atoms with E-state index in [1.165, 1.54) is 6.92 Å². The smallest absolute Gasteiger partial charge is 0.453 e. The topological polar surface area (TPSA) is 46.5 Å². The Morgan fingerprint density at radius 2 is 1.69 bits per heavy atom. The molecule has 0 fully saturated rings. The normalized spacial score (nSPS) is 16.8. The molecule has 0 heterocycles. The van der Waals surface area contributed by atoms with Crippen LogP contribution in [-0.4, -0.2) is 35.4 Å². The van der Waals surface area contributed by atoms with Crippen molar-refractivity contribution in [2.24, 2.45) is 0 Å². The van der Waals surface area contributed by atoms with Gasteiger partial charge in [0.25, 0.3) is 0 Å². The zero-order valence-corrected chi connectivity index (χ0v) is 8.57. The molecule has 0 aromatic carbocycles. The fourth-order valence-electron chi connectivity index (χ4n) is 0.891. The van der Waals surface area contributed by atoms with Crippen LogP contribution in [-0.2, 0) is 9.53 Å². The lowest BCUT2D eigenvalue weighted by Crippen LogP contribution is -2.48. The lowest BCUT2D eigenvalue weighted by atomic mass is 9.97. The molecule has 0 rings (SSSR count). The summed E-state index contributed by atoms with van der Waals surface area (Å²) in [7, 11) is 0. The molecule has 0 saturated heterocycles. The van der Waals surface area contributed by atoms with Gasteiger partial charge in [-0.3, -0.25) is 0 Å². The molecular formula is C8H11F5O3. The zero-order valence-electron chi connectivity index (χ0n) is 8.57. The number of rotatable bonds is 4. The second kappa shape index (κ2) is 4.52. The van der Waals surface area contributed by atoms with Crippen molar-refractivity contribution in [3.05, 3.63) is 0 Å². The molecule has 0 saturated carbocycles. The van der Waals surface area contributed by atoms with Crippen LogP contribution in [0.25, 0.3) is 0 Å². The fraction of sp³-hybridized carbons (Fsp3) is 0.875. The Balaban J connectivity index is 4.77. The van der Waals surface area contributed by atoms with Gasteiger partial charge in [-0.2, -0.15) is 22.0 Å². The number of ether oxygens (including phenoxy) is 1. The standard InChI is InChI=1S/C8H11F5O3/c1-3-16-5(14)6(2,15)4-7(9,10)8(11,12)13/h15H,3-4H2,1-2H3. The summed E-state index contributed by atoms with van der Waals surface area (Å²) >= 11 is 0. The largest absolute Gasteiger partial charge is 0.464 e. The van der Waals surface area contributed by atoms with E-state index in [0.717, 1.165) is 0 Å². The van der Waals surface area contributed by atoms with Gasteiger partial charge in [-0.15, -0.1) is 0 Å². The van der Waals surface area contributed by atoms with Gasteiger partial charge in [-0.05, 0) is 13.8 Å². The number of carbonyl (C=O) groups is 1. The number of halogens is 5. The summed E-state index contributed by atoms with van der Waals surface area (Å²) in [6, 6.07) is 0. The second-order valence-corrected chi connectivity index (χ2v) is 3.37. The van der Waals surface area contributed by atoms with Gasteiger partial charge in [0.15, 0.2) is 5.60 Å². The molecule has 1 atom stereocenters. The number of hydrogen-bond acceptors (Lipinski definition) is 3. The van der Waals surface area contributed by atoms with Gasteiger partial charge < -0.3 is 9.84 Å². The number of aliphatic hydroxyl groups is 1. The Kier molecular flexibility index (Phi) is 4.26. The molecule has 0 aromatic heterocycles. The van der Waals surface area contributed by atoms with Crippen molar-refractivity contribution >= 4 is 5.97 Å². The lowest BCUT2D eigenvalue weighted by Gasteiger charge is -2.27. The number of carbonyl (C=O) groups excluding carboxylic acids is 1. The molecule has 0 aliphatic rings. The van der Waals surface area contributed by atoms with Gasteiger partial charge in [0, 0.05) is 0 Å². The Morgan fingerprint density at radius 1 is 1.25 bits per heavy atom. The van der Waals surface area contributed by atoms with E-state index in [-0.39, 0.29) is 6.61 Å². The molecule has 0 bridgehead atoms. The molecule has 0 spiro atoms. The molecule has 16 heavy (non-hydrogen) atoms. The summed E-state index contributed by atoms with van der Waals surface area (Å²) in [6.45, 7) is 1.65. The van der Waals surface area contributed by atoms with E-state index >= 15 is 0 Å². The summed E-state index contributed by atoms with van der Waals surface area (Å²) < 4.78 is 64.6. The first-order chi connectivity index (χ1) is 6.94.